The van der Waals surface area contributed by atoms with E-state index in [2.05, 4.69) is 20.8 Å². The predicted molar refractivity (Wildman–Crippen MR) is 166 cm³/mol. The van der Waals surface area contributed by atoms with Gasteiger partial charge in [-0.25, -0.2) is 9.59 Å². The van der Waals surface area contributed by atoms with E-state index in [1.54, 1.807) is 12.1 Å². The fourth-order valence-corrected chi connectivity index (χ4v) is 10.6. The number of benzene rings is 2. The van der Waals surface area contributed by atoms with Crippen molar-refractivity contribution in [3.8, 4) is 0 Å². The Morgan fingerprint density at radius 3 is 2.05 bits per heavy atom. The fourth-order valence-electron chi connectivity index (χ4n) is 10.6. The molecule has 0 unspecified atom stereocenters. The molecule has 0 bridgehead atoms. The first-order chi connectivity index (χ1) is 20.7. The summed E-state index contributed by atoms with van der Waals surface area (Å²) in [6.07, 6.45) is 10.7. The summed E-state index contributed by atoms with van der Waals surface area (Å²) < 4.78 is 12.6. The van der Waals surface area contributed by atoms with Crippen molar-refractivity contribution in [1.82, 2.24) is 0 Å². The quantitative estimate of drug-likeness (QED) is 0.230. The van der Waals surface area contributed by atoms with E-state index in [1.807, 2.05) is 48.5 Å². The van der Waals surface area contributed by atoms with Crippen LogP contribution in [-0.4, -0.2) is 30.4 Å². The fraction of sp³-hybridized carbons (Fsp3) is 0.605. The number of fused-ring (bicyclic) bond motifs is 5. The van der Waals surface area contributed by atoms with Gasteiger partial charge in [-0.2, -0.15) is 0 Å². The van der Waals surface area contributed by atoms with Crippen molar-refractivity contribution in [3.05, 3.63) is 71.8 Å². The molecule has 5 nitrogen and oxygen atoms in total. The summed E-state index contributed by atoms with van der Waals surface area (Å²) in [5.41, 5.74) is 1.47. The van der Waals surface area contributed by atoms with Crippen molar-refractivity contribution < 1.29 is 23.9 Å². The molecule has 0 saturated heterocycles. The van der Waals surface area contributed by atoms with Gasteiger partial charge in [0.05, 0.1) is 11.1 Å². The Hall–Kier alpha value is -2.95. The molecule has 4 saturated carbocycles. The molecule has 0 aliphatic heterocycles. The van der Waals surface area contributed by atoms with Crippen LogP contribution in [0.25, 0.3) is 0 Å². The predicted octanol–water partition coefficient (Wildman–Crippen LogP) is 8.32. The third kappa shape index (κ3) is 5.58. The van der Waals surface area contributed by atoms with Crippen molar-refractivity contribution >= 4 is 18.2 Å². The van der Waals surface area contributed by atoms with Gasteiger partial charge in [0.25, 0.3) is 0 Å². The second kappa shape index (κ2) is 12.2. The molecule has 4 fully saturated rings. The number of ether oxygens (including phenoxy) is 2. The molecule has 5 heteroatoms. The van der Waals surface area contributed by atoms with Crippen LogP contribution in [0.2, 0.25) is 0 Å². The summed E-state index contributed by atoms with van der Waals surface area (Å²) >= 11 is 0. The van der Waals surface area contributed by atoms with Crippen molar-refractivity contribution in [1.29, 1.82) is 0 Å². The second-order valence-electron chi connectivity index (χ2n) is 14.7. The molecule has 4 aliphatic carbocycles. The van der Waals surface area contributed by atoms with Crippen molar-refractivity contribution in [2.24, 2.45) is 46.3 Å². The van der Waals surface area contributed by atoms with Gasteiger partial charge in [0.1, 0.15) is 18.5 Å². The van der Waals surface area contributed by atoms with Gasteiger partial charge in [0.15, 0.2) is 0 Å². The molecular formula is C38H48O5. The van der Waals surface area contributed by atoms with Gasteiger partial charge in [-0.1, -0.05) is 57.2 Å². The highest BCUT2D eigenvalue weighted by molar-refractivity contribution is 5.90. The first-order valence-electron chi connectivity index (χ1n) is 16.7. The van der Waals surface area contributed by atoms with Gasteiger partial charge >= 0.3 is 11.9 Å². The third-order valence-electron chi connectivity index (χ3n) is 12.7. The van der Waals surface area contributed by atoms with Crippen LogP contribution in [0.1, 0.15) is 106 Å². The van der Waals surface area contributed by atoms with Gasteiger partial charge in [-0.3, -0.25) is 0 Å². The Kier molecular flexibility index (Phi) is 8.54. The van der Waals surface area contributed by atoms with Crippen LogP contribution in [0.4, 0.5) is 0 Å². The lowest BCUT2D eigenvalue weighted by atomic mass is 9.43. The Bertz CT molecular complexity index is 1290. The molecule has 4 aliphatic rings. The third-order valence-corrected chi connectivity index (χ3v) is 12.7. The monoisotopic (exact) mass is 584 g/mol. The minimum absolute atomic E-state index is 0.0305. The number of hydrogen-bond donors (Lipinski definition) is 0. The maximum atomic E-state index is 13.5. The van der Waals surface area contributed by atoms with E-state index in [0.29, 0.717) is 47.1 Å². The van der Waals surface area contributed by atoms with E-state index in [4.69, 9.17) is 9.47 Å². The summed E-state index contributed by atoms with van der Waals surface area (Å²) in [5, 5.41) is 0. The summed E-state index contributed by atoms with van der Waals surface area (Å²) in [7, 11) is 0. The van der Waals surface area contributed by atoms with Gasteiger partial charge in [-0.15, -0.1) is 0 Å². The molecule has 0 aromatic heterocycles. The molecule has 2 aromatic carbocycles. The maximum absolute atomic E-state index is 13.5. The van der Waals surface area contributed by atoms with Crippen molar-refractivity contribution in [2.45, 2.75) is 97.2 Å². The zero-order chi connectivity index (χ0) is 30.2. The standard InChI is InChI=1S/C38H48O5/c1-25(11-10-22-39)30-16-17-31-29-24-34(43-36(41)27-14-8-5-9-15-27)33-23-28(42-35(40)26-12-6-4-7-13-26)18-20-38(33,3)32(29)19-21-37(30,31)2/h4-9,12-15,22,25,28-34H,10-11,16-21,23-24H2,1-3H3/t25-,28-,29+,30-,31+,32+,33-,34+,37-,38-/m1/s1. The van der Waals surface area contributed by atoms with Crippen LogP contribution < -0.4 is 0 Å². The van der Waals surface area contributed by atoms with Crippen molar-refractivity contribution in [2.75, 3.05) is 0 Å². The van der Waals surface area contributed by atoms with Crippen molar-refractivity contribution in [3.63, 3.8) is 0 Å². The highest BCUT2D eigenvalue weighted by atomic mass is 16.6. The lowest BCUT2D eigenvalue weighted by Crippen LogP contribution is -2.59. The Labute approximate surface area is 257 Å². The molecule has 0 amide bonds. The topological polar surface area (TPSA) is 69.7 Å². The number of esters is 2. The molecule has 0 spiro atoms. The molecule has 0 heterocycles. The van der Waals surface area contributed by atoms with E-state index in [9.17, 15) is 14.4 Å². The summed E-state index contributed by atoms with van der Waals surface area (Å²) in [5.74, 6) is 2.52. The number of carbonyl (C=O) groups excluding carboxylic acids is 3. The minimum Gasteiger partial charge on any atom is -0.459 e. The largest absolute Gasteiger partial charge is 0.459 e. The van der Waals surface area contributed by atoms with Crippen LogP contribution in [-0.2, 0) is 14.3 Å². The molecule has 0 radical (unpaired) electrons. The Morgan fingerprint density at radius 2 is 1.40 bits per heavy atom. The lowest BCUT2D eigenvalue weighted by Gasteiger charge is -2.62. The average Bonchev–Trinajstić information content (AvgIpc) is 3.38. The SMILES string of the molecule is C[C@H](CCC=O)[C@H]1CC[C@H]2[C@@H]3C[C@H](OC(=O)c4ccccc4)[C@H]4C[C@H](OC(=O)c5ccccc5)CC[C@]4(C)[C@H]3CC[C@]12C. The number of rotatable bonds is 8. The van der Waals surface area contributed by atoms with Gasteiger partial charge in [-0.05, 0) is 122 Å². The minimum atomic E-state index is -0.269. The molecule has 0 N–H and O–H groups in total. The second-order valence-corrected chi connectivity index (χ2v) is 14.7. The van der Waals surface area contributed by atoms with Crippen LogP contribution in [0, 0.1) is 46.3 Å². The molecule has 43 heavy (non-hydrogen) atoms. The Balaban J connectivity index is 1.26. The number of hydrogen-bond acceptors (Lipinski definition) is 5. The van der Waals surface area contributed by atoms with E-state index in [-0.39, 0.29) is 40.9 Å². The van der Waals surface area contributed by atoms with E-state index < -0.39 is 0 Å². The smallest absolute Gasteiger partial charge is 0.338 e. The van der Waals surface area contributed by atoms with Crippen LogP contribution in [0.5, 0.6) is 0 Å². The maximum Gasteiger partial charge on any atom is 0.338 e. The number of carbonyl (C=O) groups is 3. The molecule has 6 rings (SSSR count). The molecule has 230 valence electrons. The molecule has 10 atom stereocenters. The summed E-state index contributed by atoms with van der Waals surface area (Å²) in [6, 6.07) is 18.6. The van der Waals surface area contributed by atoms with Gasteiger partial charge < -0.3 is 14.3 Å². The average molecular weight is 585 g/mol. The first kappa shape index (κ1) is 30.1. The Morgan fingerprint density at radius 1 is 0.791 bits per heavy atom. The van der Waals surface area contributed by atoms with Crippen LogP contribution in [0.3, 0.4) is 0 Å². The van der Waals surface area contributed by atoms with Gasteiger partial charge in [0.2, 0.25) is 0 Å². The first-order valence-corrected chi connectivity index (χ1v) is 16.7. The number of aldehydes is 1. The van der Waals surface area contributed by atoms with Crippen LogP contribution >= 0.6 is 0 Å². The molecule has 2 aromatic rings. The zero-order valence-corrected chi connectivity index (χ0v) is 26.1. The van der Waals surface area contributed by atoms with Crippen LogP contribution in [0.15, 0.2) is 60.7 Å². The van der Waals surface area contributed by atoms with Gasteiger partial charge in [0, 0.05) is 12.3 Å². The normalized spacial score (nSPS) is 37.2. The van der Waals surface area contributed by atoms with E-state index in [1.165, 1.54) is 25.7 Å². The lowest BCUT2D eigenvalue weighted by molar-refractivity contribution is -0.174. The summed E-state index contributed by atoms with van der Waals surface area (Å²) in [6.45, 7) is 7.34. The highest BCUT2D eigenvalue weighted by Crippen LogP contribution is 2.68. The zero-order valence-electron chi connectivity index (χ0n) is 26.1. The highest BCUT2D eigenvalue weighted by Gasteiger charge is 2.63. The van der Waals surface area contributed by atoms with E-state index >= 15 is 0 Å². The summed E-state index contributed by atoms with van der Waals surface area (Å²) in [4.78, 5) is 37.7. The van der Waals surface area contributed by atoms with E-state index in [0.717, 1.165) is 38.4 Å². The molecular weight excluding hydrogens is 536 g/mol.